The maximum absolute atomic E-state index is 12.3. The van der Waals surface area contributed by atoms with E-state index in [1.165, 1.54) is 5.56 Å². The molecule has 2 aromatic carbocycles. The van der Waals surface area contributed by atoms with Crippen LogP contribution in [0.15, 0.2) is 59.5 Å². The molecule has 122 valence electrons. The Kier molecular flexibility index (Phi) is 4.53. The zero-order chi connectivity index (χ0) is 16.4. The van der Waals surface area contributed by atoms with Crippen LogP contribution in [0.4, 0.5) is 0 Å². The van der Waals surface area contributed by atoms with E-state index in [2.05, 4.69) is 17.0 Å². The molecule has 0 aliphatic carbocycles. The average Bonchev–Trinajstić information content (AvgIpc) is 2.55. The van der Waals surface area contributed by atoms with Gasteiger partial charge in [-0.1, -0.05) is 48.0 Å². The third kappa shape index (κ3) is 3.63. The van der Waals surface area contributed by atoms with E-state index in [4.69, 9.17) is 4.18 Å². The van der Waals surface area contributed by atoms with E-state index < -0.39 is 10.1 Å². The maximum Gasteiger partial charge on any atom is 0.297 e. The minimum Gasteiger partial charge on any atom is -0.291 e. The molecule has 1 fully saturated rings. The highest BCUT2D eigenvalue weighted by Gasteiger charge is 2.39. The molecule has 1 aliphatic heterocycles. The van der Waals surface area contributed by atoms with Crippen molar-refractivity contribution in [1.82, 2.24) is 4.90 Å². The number of rotatable bonds is 5. The molecular formula is C18H21NO3S. The van der Waals surface area contributed by atoms with Crippen LogP contribution in [0.25, 0.3) is 0 Å². The summed E-state index contributed by atoms with van der Waals surface area (Å²) in [6.45, 7) is 5.36. The summed E-state index contributed by atoms with van der Waals surface area (Å²) in [5.74, 6) is 0. The summed E-state index contributed by atoms with van der Waals surface area (Å²) in [4.78, 5) is 2.43. The van der Waals surface area contributed by atoms with Crippen LogP contribution < -0.4 is 0 Å². The lowest BCUT2D eigenvalue weighted by atomic mass is 10.0. The molecule has 2 aromatic rings. The Morgan fingerprint density at radius 3 is 2.35 bits per heavy atom. The van der Waals surface area contributed by atoms with Crippen LogP contribution in [0, 0.1) is 6.92 Å². The second kappa shape index (κ2) is 6.43. The highest BCUT2D eigenvalue weighted by atomic mass is 32.2. The number of likely N-dealkylation sites (tertiary alicyclic amines) is 1. The lowest BCUT2D eigenvalue weighted by Crippen LogP contribution is -2.59. The first kappa shape index (κ1) is 16.2. The van der Waals surface area contributed by atoms with Crippen molar-refractivity contribution in [3.63, 3.8) is 0 Å². The van der Waals surface area contributed by atoms with Gasteiger partial charge in [-0.25, -0.2) is 0 Å². The van der Waals surface area contributed by atoms with Crippen LogP contribution in [0.1, 0.15) is 18.1 Å². The van der Waals surface area contributed by atoms with Crippen LogP contribution in [-0.2, 0) is 20.8 Å². The van der Waals surface area contributed by atoms with Crippen molar-refractivity contribution in [1.29, 1.82) is 0 Å². The van der Waals surface area contributed by atoms with Crippen LogP contribution in [0.5, 0.6) is 0 Å². The second-order valence-corrected chi connectivity index (χ2v) is 7.63. The summed E-state index contributed by atoms with van der Waals surface area (Å²) >= 11 is 0. The van der Waals surface area contributed by atoms with Gasteiger partial charge in [-0.15, -0.1) is 0 Å². The Bertz CT molecular complexity index is 757. The number of hydrogen-bond acceptors (Lipinski definition) is 4. The molecule has 0 amide bonds. The van der Waals surface area contributed by atoms with Gasteiger partial charge in [0.05, 0.1) is 4.90 Å². The largest absolute Gasteiger partial charge is 0.297 e. The van der Waals surface area contributed by atoms with Crippen LogP contribution in [-0.4, -0.2) is 32.0 Å². The van der Waals surface area contributed by atoms with Crippen LogP contribution in [0.3, 0.4) is 0 Å². The molecule has 0 bridgehead atoms. The van der Waals surface area contributed by atoms with Crippen LogP contribution >= 0.6 is 0 Å². The third-order valence-corrected chi connectivity index (χ3v) is 5.67. The smallest absolute Gasteiger partial charge is 0.291 e. The van der Waals surface area contributed by atoms with Gasteiger partial charge in [0.25, 0.3) is 10.1 Å². The van der Waals surface area contributed by atoms with E-state index in [-0.39, 0.29) is 17.0 Å². The van der Waals surface area contributed by atoms with E-state index in [9.17, 15) is 8.42 Å². The molecule has 0 aromatic heterocycles. The molecule has 4 nitrogen and oxygen atoms in total. The topological polar surface area (TPSA) is 46.6 Å². The van der Waals surface area contributed by atoms with E-state index in [1.54, 1.807) is 24.3 Å². The van der Waals surface area contributed by atoms with E-state index in [0.29, 0.717) is 6.54 Å². The van der Waals surface area contributed by atoms with Crippen molar-refractivity contribution < 1.29 is 12.6 Å². The van der Waals surface area contributed by atoms with E-state index in [1.807, 2.05) is 32.0 Å². The molecule has 1 saturated heterocycles. The summed E-state index contributed by atoms with van der Waals surface area (Å²) in [5, 5.41) is 0. The first-order valence-electron chi connectivity index (χ1n) is 7.74. The standard InChI is InChI=1S/C18H21NO3S/c1-14-8-10-17(11-9-14)23(20,21)22-18-13-19(15(18)2)12-16-6-4-3-5-7-16/h3-11,15,18H,12-13H2,1-2H3. The van der Waals surface area contributed by atoms with Crippen molar-refractivity contribution >= 4 is 10.1 Å². The van der Waals surface area contributed by atoms with Crippen molar-refractivity contribution in [3.8, 4) is 0 Å². The fourth-order valence-electron chi connectivity index (χ4n) is 2.71. The van der Waals surface area contributed by atoms with Crippen molar-refractivity contribution in [2.75, 3.05) is 6.54 Å². The Morgan fingerprint density at radius 2 is 1.74 bits per heavy atom. The highest BCUT2D eigenvalue weighted by Crippen LogP contribution is 2.27. The molecule has 0 radical (unpaired) electrons. The number of nitrogens with zero attached hydrogens (tertiary/aromatic N) is 1. The Balaban J connectivity index is 1.61. The molecule has 0 spiro atoms. The number of benzene rings is 2. The van der Waals surface area contributed by atoms with E-state index in [0.717, 1.165) is 12.1 Å². The lowest BCUT2D eigenvalue weighted by molar-refractivity contribution is -0.0378. The van der Waals surface area contributed by atoms with Gasteiger partial charge in [-0.05, 0) is 31.5 Å². The molecule has 2 unspecified atom stereocenters. The Labute approximate surface area is 137 Å². The average molecular weight is 331 g/mol. The minimum atomic E-state index is -3.69. The first-order valence-corrected chi connectivity index (χ1v) is 9.14. The molecular weight excluding hydrogens is 310 g/mol. The Morgan fingerprint density at radius 1 is 1.09 bits per heavy atom. The zero-order valence-electron chi connectivity index (χ0n) is 13.3. The van der Waals surface area contributed by atoms with Gasteiger partial charge in [0, 0.05) is 19.1 Å². The second-order valence-electron chi connectivity index (χ2n) is 6.06. The van der Waals surface area contributed by atoms with Gasteiger partial charge in [-0.3, -0.25) is 9.08 Å². The van der Waals surface area contributed by atoms with Gasteiger partial charge in [0.15, 0.2) is 0 Å². The van der Waals surface area contributed by atoms with Crippen molar-refractivity contribution in [2.24, 2.45) is 0 Å². The summed E-state index contributed by atoms with van der Waals surface area (Å²) in [6.07, 6.45) is -0.287. The molecule has 5 heteroatoms. The summed E-state index contributed by atoms with van der Waals surface area (Å²) < 4.78 is 30.0. The first-order chi connectivity index (χ1) is 11.0. The predicted octanol–water partition coefficient (Wildman–Crippen LogP) is 2.97. The predicted molar refractivity (Wildman–Crippen MR) is 89.6 cm³/mol. The van der Waals surface area contributed by atoms with Gasteiger partial charge in [0.2, 0.25) is 0 Å². The van der Waals surface area contributed by atoms with Gasteiger partial charge >= 0.3 is 0 Å². The summed E-state index contributed by atoms with van der Waals surface area (Å²) in [7, 11) is -3.69. The third-order valence-electron chi connectivity index (χ3n) is 4.32. The Hall–Kier alpha value is -1.69. The fraction of sp³-hybridized carbons (Fsp3) is 0.333. The van der Waals surface area contributed by atoms with Crippen molar-refractivity contribution in [3.05, 3.63) is 65.7 Å². The molecule has 23 heavy (non-hydrogen) atoms. The minimum absolute atomic E-state index is 0.0791. The van der Waals surface area contributed by atoms with E-state index >= 15 is 0 Å². The highest BCUT2D eigenvalue weighted by molar-refractivity contribution is 7.86. The summed E-state index contributed by atoms with van der Waals surface area (Å²) in [6, 6.07) is 17.0. The van der Waals surface area contributed by atoms with Gasteiger partial charge < -0.3 is 0 Å². The molecule has 1 heterocycles. The quantitative estimate of drug-likeness (QED) is 0.790. The molecule has 3 rings (SSSR count). The summed E-state index contributed by atoms with van der Waals surface area (Å²) in [5.41, 5.74) is 2.24. The normalized spacial score (nSPS) is 21.8. The number of aryl methyl sites for hydroxylation is 1. The van der Waals surface area contributed by atoms with Crippen LogP contribution in [0.2, 0.25) is 0 Å². The fourth-order valence-corrected chi connectivity index (χ4v) is 3.84. The maximum atomic E-state index is 12.3. The zero-order valence-corrected chi connectivity index (χ0v) is 14.2. The lowest BCUT2D eigenvalue weighted by Gasteiger charge is -2.45. The van der Waals surface area contributed by atoms with Gasteiger partial charge in [0.1, 0.15) is 6.10 Å². The van der Waals surface area contributed by atoms with Gasteiger partial charge in [-0.2, -0.15) is 8.42 Å². The molecule has 1 aliphatic rings. The molecule has 0 saturated carbocycles. The molecule has 2 atom stereocenters. The van der Waals surface area contributed by atoms with Crippen molar-refractivity contribution in [2.45, 2.75) is 37.4 Å². The molecule has 0 N–H and O–H groups in total. The monoisotopic (exact) mass is 331 g/mol. The number of hydrogen-bond donors (Lipinski definition) is 0. The SMILES string of the molecule is Cc1ccc(S(=O)(=O)OC2CN(Cc3ccccc3)C2C)cc1.